The highest BCUT2D eigenvalue weighted by molar-refractivity contribution is 5.86. The van der Waals surface area contributed by atoms with E-state index in [1.165, 1.54) is 0 Å². The van der Waals surface area contributed by atoms with Gasteiger partial charge in [-0.2, -0.15) is 0 Å². The molecule has 0 bridgehead atoms. The van der Waals surface area contributed by atoms with Gasteiger partial charge in [-0.3, -0.25) is 4.79 Å². The Kier molecular flexibility index (Phi) is 5.02. The molecule has 5 heteroatoms. The van der Waals surface area contributed by atoms with Crippen LogP contribution in [0.4, 0.5) is 0 Å². The second-order valence-electron chi connectivity index (χ2n) is 4.75. The average molecular weight is 249 g/mol. The molecule has 0 radical (unpaired) electrons. The molecule has 1 amide bonds. The molecule has 16 heavy (non-hydrogen) atoms. The van der Waals surface area contributed by atoms with Crippen LogP contribution in [0.3, 0.4) is 0 Å². The van der Waals surface area contributed by atoms with Gasteiger partial charge in [0.25, 0.3) is 0 Å². The topological polar surface area (TPSA) is 64.4 Å². The van der Waals surface area contributed by atoms with Gasteiger partial charge in [0.1, 0.15) is 0 Å². The number of hydrogen-bond acceptors (Lipinski definition) is 3. The summed E-state index contributed by atoms with van der Waals surface area (Å²) in [5.41, 5.74) is 5.47. The number of nitrogens with one attached hydrogen (secondary N) is 1. The molecule has 1 aliphatic carbocycles. The Balaban J connectivity index is 0.00000128. The Morgan fingerprint density at radius 1 is 1.31 bits per heavy atom. The molecule has 2 fully saturated rings. The fourth-order valence-electron chi connectivity index (χ4n) is 2.42. The summed E-state index contributed by atoms with van der Waals surface area (Å²) in [4.78, 5) is 11.9. The Morgan fingerprint density at radius 2 is 2.00 bits per heavy atom. The highest BCUT2D eigenvalue weighted by Gasteiger charge is 2.37. The third-order valence-corrected chi connectivity index (χ3v) is 3.44. The van der Waals surface area contributed by atoms with Crippen LogP contribution in [0.5, 0.6) is 0 Å². The summed E-state index contributed by atoms with van der Waals surface area (Å²) < 4.78 is 5.32. The van der Waals surface area contributed by atoms with Crippen molar-refractivity contribution in [2.75, 3.05) is 13.2 Å². The van der Waals surface area contributed by atoms with Gasteiger partial charge in [-0.15, -0.1) is 12.4 Å². The Labute approximate surface area is 103 Å². The van der Waals surface area contributed by atoms with Crippen LogP contribution in [0.1, 0.15) is 38.5 Å². The first-order valence-corrected chi connectivity index (χ1v) is 5.88. The van der Waals surface area contributed by atoms with E-state index in [2.05, 4.69) is 5.32 Å². The molecule has 1 saturated carbocycles. The summed E-state index contributed by atoms with van der Waals surface area (Å²) >= 11 is 0. The van der Waals surface area contributed by atoms with Gasteiger partial charge < -0.3 is 15.8 Å². The molecule has 1 heterocycles. The van der Waals surface area contributed by atoms with Crippen LogP contribution < -0.4 is 11.1 Å². The first-order valence-electron chi connectivity index (χ1n) is 5.88. The third-order valence-electron chi connectivity index (χ3n) is 3.44. The Morgan fingerprint density at radius 3 is 2.56 bits per heavy atom. The van der Waals surface area contributed by atoms with Crippen molar-refractivity contribution in [2.45, 2.75) is 50.1 Å². The summed E-state index contributed by atoms with van der Waals surface area (Å²) in [6.07, 6.45) is 5.85. The van der Waals surface area contributed by atoms with Gasteiger partial charge in [0.15, 0.2) is 0 Å². The second kappa shape index (κ2) is 5.84. The molecule has 0 spiro atoms. The number of halogens is 1. The quantitative estimate of drug-likeness (QED) is 0.766. The lowest BCUT2D eigenvalue weighted by atomic mass is 9.97. The zero-order valence-electron chi connectivity index (χ0n) is 9.54. The molecule has 2 aliphatic rings. The molecule has 0 aromatic heterocycles. The first-order chi connectivity index (χ1) is 7.21. The van der Waals surface area contributed by atoms with E-state index in [-0.39, 0.29) is 24.4 Å². The van der Waals surface area contributed by atoms with Crippen molar-refractivity contribution >= 4 is 18.3 Å². The SMILES string of the molecule is Cl.NC1(C(=O)NC2CCCOC2)CCCC1. The van der Waals surface area contributed by atoms with E-state index in [1.807, 2.05) is 0 Å². The van der Waals surface area contributed by atoms with Crippen molar-refractivity contribution in [2.24, 2.45) is 5.73 Å². The fourth-order valence-corrected chi connectivity index (χ4v) is 2.42. The summed E-state index contributed by atoms with van der Waals surface area (Å²) in [6.45, 7) is 1.46. The number of nitrogens with two attached hydrogens (primary N) is 1. The van der Waals surface area contributed by atoms with Crippen molar-refractivity contribution in [1.29, 1.82) is 0 Å². The first kappa shape index (κ1) is 13.7. The van der Waals surface area contributed by atoms with Gasteiger partial charge >= 0.3 is 0 Å². The van der Waals surface area contributed by atoms with Gasteiger partial charge in [0.2, 0.25) is 5.91 Å². The van der Waals surface area contributed by atoms with Crippen LogP contribution in [-0.2, 0) is 9.53 Å². The Bertz CT molecular complexity index is 236. The van der Waals surface area contributed by atoms with E-state index in [1.54, 1.807) is 0 Å². The van der Waals surface area contributed by atoms with E-state index in [9.17, 15) is 4.79 Å². The zero-order chi connectivity index (χ0) is 10.7. The molecular formula is C11H21ClN2O2. The maximum Gasteiger partial charge on any atom is 0.240 e. The smallest absolute Gasteiger partial charge is 0.240 e. The number of carbonyl (C=O) groups is 1. The molecule has 94 valence electrons. The molecule has 0 aromatic rings. The summed E-state index contributed by atoms with van der Waals surface area (Å²) in [6, 6.07) is 0.173. The number of amides is 1. The van der Waals surface area contributed by atoms with Crippen LogP contribution in [0.15, 0.2) is 0 Å². The maximum atomic E-state index is 11.9. The minimum atomic E-state index is -0.600. The minimum absolute atomic E-state index is 0. The molecule has 1 unspecified atom stereocenters. The van der Waals surface area contributed by atoms with Crippen molar-refractivity contribution in [3.63, 3.8) is 0 Å². The molecule has 3 N–H and O–H groups in total. The molecule has 1 atom stereocenters. The van der Waals surface area contributed by atoms with Crippen LogP contribution in [-0.4, -0.2) is 30.7 Å². The lowest BCUT2D eigenvalue weighted by Gasteiger charge is -2.28. The van der Waals surface area contributed by atoms with Gasteiger partial charge in [-0.05, 0) is 25.7 Å². The lowest BCUT2D eigenvalue weighted by Crippen LogP contribution is -2.55. The third kappa shape index (κ3) is 3.09. The van der Waals surface area contributed by atoms with Crippen molar-refractivity contribution in [1.82, 2.24) is 5.32 Å². The van der Waals surface area contributed by atoms with E-state index in [4.69, 9.17) is 10.5 Å². The molecule has 4 nitrogen and oxygen atoms in total. The van der Waals surface area contributed by atoms with E-state index in [0.717, 1.165) is 45.1 Å². The number of ether oxygens (including phenoxy) is 1. The monoisotopic (exact) mass is 248 g/mol. The molecule has 1 aliphatic heterocycles. The van der Waals surface area contributed by atoms with Crippen molar-refractivity contribution < 1.29 is 9.53 Å². The minimum Gasteiger partial charge on any atom is -0.379 e. The van der Waals surface area contributed by atoms with Crippen molar-refractivity contribution in [3.8, 4) is 0 Å². The highest BCUT2D eigenvalue weighted by atomic mass is 35.5. The molecule has 1 saturated heterocycles. The largest absolute Gasteiger partial charge is 0.379 e. The molecular weight excluding hydrogens is 228 g/mol. The highest BCUT2D eigenvalue weighted by Crippen LogP contribution is 2.27. The van der Waals surface area contributed by atoms with E-state index >= 15 is 0 Å². The summed E-state index contributed by atoms with van der Waals surface area (Å²) in [5.74, 6) is 0.0236. The summed E-state index contributed by atoms with van der Waals surface area (Å²) in [5, 5.41) is 3.01. The standard InChI is InChI=1S/C11H20N2O2.ClH/c12-11(5-1-2-6-11)10(14)13-9-4-3-7-15-8-9;/h9H,1-8,12H2,(H,13,14);1H. The van der Waals surface area contributed by atoms with E-state index in [0.29, 0.717) is 6.61 Å². The van der Waals surface area contributed by atoms with Gasteiger partial charge in [0.05, 0.1) is 18.2 Å². The zero-order valence-corrected chi connectivity index (χ0v) is 10.4. The van der Waals surface area contributed by atoms with Crippen LogP contribution >= 0.6 is 12.4 Å². The predicted octanol–water partition coefficient (Wildman–Crippen LogP) is 0.975. The second-order valence-corrected chi connectivity index (χ2v) is 4.75. The lowest BCUT2D eigenvalue weighted by molar-refractivity contribution is -0.127. The van der Waals surface area contributed by atoms with Crippen LogP contribution in [0.2, 0.25) is 0 Å². The molecule has 0 aromatic carbocycles. The van der Waals surface area contributed by atoms with E-state index < -0.39 is 5.54 Å². The normalized spacial score (nSPS) is 28.2. The number of hydrogen-bond donors (Lipinski definition) is 2. The predicted molar refractivity (Wildman–Crippen MR) is 64.6 cm³/mol. The number of carbonyl (C=O) groups excluding carboxylic acids is 1. The van der Waals surface area contributed by atoms with Gasteiger partial charge in [-0.25, -0.2) is 0 Å². The maximum absolute atomic E-state index is 11.9. The fraction of sp³-hybridized carbons (Fsp3) is 0.909. The summed E-state index contributed by atoms with van der Waals surface area (Å²) in [7, 11) is 0. The number of rotatable bonds is 2. The van der Waals surface area contributed by atoms with Gasteiger partial charge in [0, 0.05) is 6.61 Å². The Hall–Kier alpha value is -0.320. The van der Waals surface area contributed by atoms with Crippen LogP contribution in [0.25, 0.3) is 0 Å². The van der Waals surface area contributed by atoms with Crippen molar-refractivity contribution in [3.05, 3.63) is 0 Å². The van der Waals surface area contributed by atoms with Crippen LogP contribution in [0, 0.1) is 0 Å². The molecule has 2 rings (SSSR count). The van der Waals surface area contributed by atoms with Gasteiger partial charge in [-0.1, -0.05) is 12.8 Å². The average Bonchev–Trinajstić information content (AvgIpc) is 2.68.